The first-order chi connectivity index (χ1) is 23.2. The van der Waals surface area contributed by atoms with Gasteiger partial charge >= 0.3 is 0 Å². The third-order valence-corrected chi connectivity index (χ3v) is 8.79. The summed E-state index contributed by atoms with van der Waals surface area (Å²) in [5.41, 5.74) is 9.29. The van der Waals surface area contributed by atoms with Crippen LogP contribution in [-0.2, 0) is 17.7 Å². The maximum Gasteiger partial charge on any atom is 0.257 e. The van der Waals surface area contributed by atoms with Crippen molar-refractivity contribution in [1.82, 2.24) is 14.5 Å². The lowest BCUT2D eigenvalue weighted by molar-refractivity contribution is 0.102. The summed E-state index contributed by atoms with van der Waals surface area (Å²) in [6.45, 7) is 4.51. The molecule has 0 spiro atoms. The van der Waals surface area contributed by atoms with Gasteiger partial charge < -0.3 is 29.6 Å². The minimum atomic E-state index is -0.145. The molecule has 8 rings (SSSR count). The molecule has 234 valence electrons. The zero-order chi connectivity index (χ0) is 31.6. The number of carbonyl (C=O) groups excluding carboxylic acids is 1. The van der Waals surface area contributed by atoms with Crippen molar-refractivity contribution in [2.75, 3.05) is 48.4 Å². The molecule has 0 bridgehead atoms. The van der Waals surface area contributed by atoms with E-state index in [0.29, 0.717) is 25.1 Å². The second kappa shape index (κ2) is 12.6. The molecule has 1 amide bonds. The SMILES string of the molecule is O=C1Nc2cc(CCOc3ccc(N4CCOCC4)cc3)ccc2Nc2cc(-c3cn(Cc4ccccn4)c4cnccc34)ccc21. The normalized spacial score (nSPS) is 14.1. The lowest BCUT2D eigenvalue weighted by Gasteiger charge is -2.28. The van der Waals surface area contributed by atoms with Crippen molar-refractivity contribution in [1.29, 1.82) is 0 Å². The van der Waals surface area contributed by atoms with Gasteiger partial charge in [-0.05, 0) is 77.9 Å². The number of carbonyl (C=O) groups is 1. The first-order valence-electron chi connectivity index (χ1n) is 15.9. The van der Waals surface area contributed by atoms with E-state index >= 15 is 0 Å². The predicted molar refractivity (Wildman–Crippen MR) is 185 cm³/mol. The number of nitrogens with one attached hydrogen (secondary N) is 2. The van der Waals surface area contributed by atoms with Crippen molar-refractivity contribution in [3.05, 3.63) is 127 Å². The smallest absolute Gasteiger partial charge is 0.257 e. The number of fused-ring (bicyclic) bond motifs is 3. The van der Waals surface area contributed by atoms with Crippen LogP contribution >= 0.6 is 0 Å². The van der Waals surface area contributed by atoms with Gasteiger partial charge in [-0.15, -0.1) is 0 Å². The number of nitrogens with zero attached hydrogens (tertiary/aromatic N) is 4. The standard InChI is InChI=1S/C38H34N6O3/c45-38-32-10-5-27(33-25-44(24-28-3-1-2-14-40-28)37-23-39-15-12-31(33)37)22-35(32)41-34-11-4-26(21-36(34)42-38)13-18-47-30-8-6-29(7-9-30)43-16-19-46-20-17-43/h1-12,14-15,21-23,25,41H,13,16-20,24H2,(H,42,45). The van der Waals surface area contributed by atoms with Gasteiger partial charge in [0.25, 0.3) is 5.91 Å². The van der Waals surface area contributed by atoms with Crippen LogP contribution in [0.25, 0.3) is 22.0 Å². The lowest BCUT2D eigenvalue weighted by Crippen LogP contribution is -2.36. The highest BCUT2D eigenvalue weighted by molar-refractivity contribution is 6.13. The number of hydrogen-bond acceptors (Lipinski definition) is 7. The van der Waals surface area contributed by atoms with Gasteiger partial charge in [0.2, 0.25) is 0 Å². The van der Waals surface area contributed by atoms with E-state index in [1.54, 1.807) is 0 Å². The van der Waals surface area contributed by atoms with Gasteiger partial charge in [-0.25, -0.2) is 0 Å². The van der Waals surface area contributed by atoms with E-state index in [1.807, 2.05) is 79.3 Å². The van der Waals surface area contributed by atoms with Gasteiger partial charge in [-0.2, -0.15) is 0 Å². The van der Waals surface area contributed by atoms with Crippen LogP contribution in [0.1, 0.15) is 21.6 Å². The van der Waals surface area contributed by atoms with E-state index in [9.17, 15) is 4.79 Å². The van der Waals surface area contributed by atoms with Gasteiger partial charge in [-0.3, -0.25) is 14.8 Å². The van der Waals surface area contributed by atoms with Gasteiger partial charge in [-0.1, -0.05) is 18.2 Å². The topological polar surface area (TPSA) is 93.5 Å². The van der Waals surface area contributed by atoms with Crippen LogP contribution in [0.2, 0.25) is 0 Å². The Morgan fingerprint density at radius 3 is 2.57 bits per heavy atom. The molecule has 9 heteroatoms. The Balaban J connectivity index is 0.985. The Morgan fingerprint density at radius 1 is 0.830 bits per heavy atom. The number of hydrogen-bond donors (Lipinski definition) is 2. The minimum Gasteiger partial charge on any atom is -0.493 e. The zero-order valence-corrected chi connectivity index (χ0v) is 25.9. The molecule has 0 aliphatic carbocycles. The zero-order valence-electron chi connectivity index (χ0n) is 25.9. The lowest BCUT2D eigenvalue weighted by atomic mass is 10.0. The first kappa shape index (κ1) is 28.8. The summed E-state index contributed by atoms with van der Waals surface area (Å²) in [6.07, 6.45) is 8.36. The van der Waals surface area contributed by atoms with E-state index in [-0.39, 0.29) is 5.91 Å². The molecule has 0 atom stereocenters. The number of benzene rings is 3. The molecule has 2 aliphatic rings. The summed E-state index contributed by atoms with van der Waals surface area (Å²) in [6, 6.07) is 28.3. The third kappa shape index (κ3) is 6.01. The second-order valence-corrected chi connectivity index (χ2v) is 11.8. The van der Waals surface area contributed by atoms with Crippen molar-refractivity contribution >= 4 is 39.6 Å². The van der Waals surface area contributed by atoms with Gasteiger partial charge in [0.1, 0.15) is 5.75 Å². The molecule has 1 fully saturated rings. The number of morpholine rings is 1. The summed E-state index contributed by atoms with van der Waals surface area (Å²) in [5, 5.41) is 7.73. The van der Waals surface area contributed by atoms with Crippen LogP contribution < -0.4 is 20.3 Å². The van der Waals surface area contributed by atoms with E-state index < -0.39 is 0 Å². The summed E-state index contributed by atoms with van der Waals surface area (Å²) in [4.78, 5) is 24.6. The average Bonchev–Trinajstić information content (AvgIpc) is 3.41. The monoisotopic (exact) mass is 622 g/mol. The third-order valence-electron chi connectivity index (χ3n) is 8.79. The molecule has 1 saturated heterocycles. The van der Waals surface area contributed by atoms with E-state index in [1.165, 1.54) is 5.69 Å². The van der Waals surface area contributed by atoms with Crippen molar-refractivity contribution in [2.24, 2.45) is 0 Å². The maximum absolute atomic E-state index is 13.4. The average molecular weight is 623 g/mol. The Bertz CT molecular complexity index is 2050. The molecule has 0 radical (unpaired) electrons. The molecule has 9 nitrogen and oxygen atoms in total. The molecule has 47 heavy (non-hydrogen) atoms. The summed E-state index contributed by atoms with van der Waals surface area (Å²) in [7, 11) is 0. The Kier molecular flexibility index (Phi) is 7.72. The largest absolute Gasteiger partial charge is 0.493 e. The molecule has 0 unspecified atom stereocenters. The van der Waals surface area contributed by atoms with Crippen molar-refractivity contribution in [3.8, 4) is 16.9 Å². The summed E-state index contributed by atoms with van der Waals surface area (Å²) >= 11 is 0. The minimum absolute atomic E-state index is 0.145. The van der Waals surface area contributed by atoms with Crippen LogP contribution in [0.15, 0.2) is 110 Å². The van der Waals surface area contributed by atoms with E-state index in [2.05, 4.69) is 60.5 Å². The molecule has 3 aromatic carbocycles. The van der Waals surface area contributed by atoms with E-state index in [4.69, 9.17) is 9.47 Å². The summed E-state index contributed by atoms with van der Waals surface area (Å²) in [5.74, 6) is 0.697. The molecular formula is C38H34N6O3. The number of aromatic nitrogens is 3. The van der Waals surface area contributed by atoms with Crippen LogP contribution in [0.5, 0.6) is 5.75 Å². The van der Waals surface area contributed by atoms with Gasteiger partial charge in [0, 0.05) is 54.7 Å². The Morgan fingerprint density at radius 2 is 1.72 bits per heavy atom. The van der Waals surface area contributed by atoms with Crippen LogP contribution in [0.4, 0.5) is 22.7 Å². The molecule has 0 saturated carbocycles. The fourth-order valence-electron chi connectivity index (χ4n) is 6.33. The second-order valence-electron chi connectivity index (χ2n) is 11.8. The number of anilines is 4. The number of rotatable bonds is 8. The number of ether oxygens (including phenoxy) is 2. The fraction of sp³-hybridized carbons (Fsp3) is 0.184. The van der Waals surface area contributed by atoms with Gasteiger partial charge in [0.15, 0.2) is 0 Å². The maximum atomic E-state index is 13.4. The fourth-order valence-corrected chi connectivity index (χ4v) is 6.33. The van der Waals surface area contributed by atoms with Gasteiger partial charge in [0.05, 0.1) is 66.4 Å². The molecule has 6 aromatic rings. The van der Waals surface area contributed by atoms with Crippen molar-refractivity contribution in [2.45, 2.75) is 13.0 Å². The predicted octanol–water partition coefficient (Wildman–Crippen LogP) is 6.91. The highest BCUT2D eigenvalue weighted by atomic mass is 16.5. The van der Waals surface area contributed by atoms with E-state index in [0.717, 1.165) is 82.4 Å². The quantitative estimate of drug-likeness (QED) is 0.191. The summed E-state index contributed by atoms with van der Waals surface area (Å²) < 4.78 is 13.7. The van der Waals surface area contributed by atoms with Crippen LogP contribution in [-0.4, -0.2) is 53.4 Å². The highest BCUT2D eigenvalue weighted by Crippen LogP contribution is 2.37. The van der Waals surface area contributed by atoms with Crippen molar-refractivity contribution in [3.63, 3.8) is 0 Å². The molecule has 3 aromatic heterocycles. The molecule has 5 heterocycles. The highest BCUT2D eigenvalue weighted by Gasteiger charge is 2.21. The molecular weight excluding hydrogens is 588 g/mol. The Labute approximate surface area is 272 Å². The molecule has 2 N–H and O–H groups in total. The van der Waals surface area contributed by atoms with Crippen LogP contribution in [0.3, 0.4) is 0 Å². The van der Waals surface area contributed by atoms with Crippen LogP contribution in [0, 0.1) is 0 Å². The molecule has 2 aliphatic heterocycles. The Hall–Kier alpha value is -5.67. The van der Waals surface area contributed by atoms with Crippen molar-refractivity contribution < 1.29 is 14.3 Å². The number of amides is 1. The number of pyridine rings is 2. The first-order valence-corrected chi connectivity index (χ1v) is 15.9.